The van der Waals surface area contributed by atoms with Crippen LogP contribution in [0.3, 0.4) is 0 Å². The lowest BCUT2D eigenvalue weighted by molar-refractivity contribution is -0.118. The van der Waals surface area contributed by atoms with Crippen molar-refractivity contribution in [3.05, 3.63) is 47.5 Å². The highest BCUT2D eigenvalue weighted by Gasteiger charge is 2.36. The van der Waals surface area contributed by atoms with E-state index in [2.05, 4.69) is 0 Å². The first-order valence-corrected chi connectivity index (χ1v) is 19.3. The van der Waals surface area contributed by atoms with Crippen molar-refractivity contribution < 1.29 is 53.5 Å². The molecule has 2 fully saturated rings. The third-order valence-corrected chi connectivity index (χ3v) is 10.8. The summed E-state index contributed by atoms with van der Waals surface area (Å²) in [5.74, 6) is -2.78. The van der Waals surface area contributed by atoms with Gasteiger partial charge in [0.05, 0.1) is 22.9 Å². The third-order valence-electron chi connectivity index (χ3n) is 5.51. The fraction of sp³-hybridized carbons (Fsp3) is 0.391. The van der Waals surface area contributed by atoms with Gasteiger partial charge in [-0.15, -0.1) is 0 Å². The fourth-order valence-corrected chi connectivity index (χ4v) is 7.72. The summed E-state index contributed by atoms with van der Waals surface area (Å²) in [5, 5.41) is 19.7. The molecule has 0 aromatic heterocycles. The van der Waals surface area contributed by atoms with Gasteiger partial charge in [-0.3, -0.25) is 9.59 Å². The number of hydrogen-bond acceptors (Lipinski definition) is 13. The van der Waals surface area contributed by atoms with Crippen LogP contribution in [0.25, 0.3) is 0 Å². The molecule has 2 amide bonds. The van der Waals surface area contributed by atoms with Gasteiger partial charge in [-0.25, -0.2) is 34.9 Å². The van der Waals surface area contributed by atoms with Gasteiger partial charge in [-0.05, 0) is 41.9 Å². The molecule has 17 nitrogen and oxygen atoms in total. The molecule has 2 aromatic rings. The van der Waals surface area contributed by atoms with E-state index in [0.717, 1.165) is 27.5 Å². The molecule has 246 valence electrons. The molecule has 0 aliphatic carbocycles. The monoisotopic (exact) mass is 699 g/mol. The number of nitrogens with zero attached hydrogens (tertiary/aromatic N) is 2. The Bertz CT molecular complexity index is 1850. The predicted molar refractivity (Wildman–Crippen MR) is 161 cm³/mol. The van der Waals surface area contributed by atoms with E-state index in [-0.39, 0.29) is 28.6 Å². The first-order valence-electron chi connectivity index (χ1n) is 12.5. The zero-order chi connectivity index (χ0) is 33.7. The van der Waals surface area contributed by atoms with Crippen molar-refractivity contribution >= 4 is 63.3 Å². The van der Waals surface area contributed by atoms with Gasteiger partial charge in [0.25, 0.3) is 11.8 Å². The van der Waals surface area contributed by atoms with E-state index in [1.807, 2.05) is 6.92 Å². The van der Waals surface area contributed by atoms with Crippen LogP contribution in [0.1, 0.15) is 25.0 Å². The number of phenols is 2. The van der Waals surface area contributed by atoms with Gasteiger partial charge in [0.2, 0.25) is 0 Å². The average Bonchev–Trinajstić information content (AvgIpc) is 3.29. The molecular formula is C23H33N5O12S4. The molecule has 0 bridgehead atoms. The van der Waals surface area contributed by atoms with E-state index in [4.69, 9.17) is 5.73 Å². The van der Waals surface area contributed by atoms with Crippen LogP contribution in [0.5, 0.6) is 11.5 Å². The van der Waals surface area contributed by atoms with Gasteiger partial charge in [0.15, 0.2) is 19.7 Å². The molecule has 2 aromatic carbocycles. The quantitative estimate of drug-likeness (QED) is 0.223. The fourth-order valence-electron chi connectivity index (χ4n) is 3.72. The van der Waals surface area contributed by atoms with E-state index in [0.29, 0.717) is 11.1 Å². The zero-order valence-corrected chi connectivity index (χ0v) is 27.1. The number of carbonyl (C=O) groups excluding carboxylic acids is 2. The van der Waals surface area contributed by atoms with Gasteiger partial charge in [0, 0.05) is 12.0 Å². The van der Waals surface area contributed by atoms with Crippen LogP contribution < -0.4 is 23.8 Å². The number of anilines is 2. The maximum Gasteiger partial charge on any atom is 0.326 e. The Kier molecular flexibility index (Phi) is 11.6. The number of nitrogens with one attached hydrogen (secondary N) is 2. The van der Waals surface area contributed by atoms with E-state index >= 15 is 0 Å². The summed E-state index contributed by atoms with van der Waals surface area (Å²) in [7, 11) is -14.5. The Hall–Kier alpha value is -3.66. The minimum Gasteiger partial charge on any atom is -0.506 e. The van der Waals surface area contributed by atoms with E-state index in [9.17, 15) is 53.5 Å². The normalized spacial score (nSPS) is 17.1. The van der Waals surface area contributed by atoms with E-state index < -0.39 is 76.5 Å². The molecule has 2 heterocycles. The van der Waals surface area contributed by atoms with Gasteiger partial charge >= 0.3 is 20.4 Å². The summed E-state index contributed by atoms with van der Waals surface area (Å²) in [6.45, 7) is 3.31. The Balaban J connectivity index is 0.000000282. The Morgan fingerprint density at radius 3 is 1.41 bits per heavy atom. The molecule has 2 aliphatic rings. The summed E-state index contributed by atoms with van der Waals surface area (Å²) in [5.41, 5.74) is 5.35. The second kappa shape index (κ2) is 14.0. The Morgan fingerprint density at radius 1 is 0.773 bits per heavy atom. The van der Waals surface area contributed by atoms with Gasteiger partial charge < -0.3 is 15.9 Å². The molecule has 0 unspecified atom stereocenters. The highest BCUT2D eigenvalue weighted by molar-refractivity contribution is 7.92. The zero-order valence-electron chi connectivity index (χ0n) is 23.8. The molecule has 4 rings (SSSR count). The highest BCUT2D eigenvalue weighted by atomic mass is 32.2. The molecule has 21 heteroatoms. The number of phenolic OH excluding ortho intramolecular Hbond substituents is 2. The summed E-state index contributed by atoms with van der Waals surface area (Å²) in [6, 6.07) is 7.66. The van der Waals surface area contributed by atoms with Crippen molar-refractivity contribution in [1.82, 2.24) is 9.44 Å². The number of hydrogen-bond donors (Lipinski definition) is 5. The lowest BCUT2D eigenvalue weighted by Crippen LogP contribution is -2.29. The van der Waals surface area contributed by atoms with Gasteiger partial charge in [-0.1, -0.05) is 26.0 Å². The first kappa shape index (κ1) is 36.5. The smallest absolute Gasteiger partial charge is 0.326 e. The lowest BCUT2D eigenvalue weighted by Gasteiger charge is -2.16. The average molecular weight is 700 g/mol. The molecular weight excluding hydrogens is 667 g/mol. The maximum absolute atomic E-state index is 11.7. The molecule has 0 spiro atoms. The Labute approximate surface area is 255 Å². The van der Waals surface area contributed by atoms with Gasteiger partial charge in [0.1, 0.15) is 24.6 Å². The number of amides is 2. The SMILES string of the molecule is CCN.CCS(=O)(=O)Cc1ccc(N2CC(=O)NS2(=O)=O)c(O)c1.CS(=O)(=O)Cc1ccc(N2CC(=O)NS2(=O)=O)c(O)c1. The van der Waals surface area contributed by atoms with Gasteiger partial charge in [-0.2, -0.15) is 16.8 Å². The van der Waals surface area contributed by atoms with E-state index in [1.54, 1.807) is 9.44 Å². The number of rotatable bonds is 7. The molecule has 0 saturated carbocycles. The van der Waals surface area contributed by atoms with Crippen LogP contribution in [0.2, 0.25) is 0 Å². The number of nitrogens with two attached hydrogens (primary N) is 1. The van der Waals surface area contributed by atoms with Crippen LogP contribution in [0.4, 0.5) is 11.4 Å². The summed E-state index contributed by atoms with van der Waals surface area (Å²) in [6.07, 6.45) is 1.05. The van der Waals surface area contributed by atoms with Crippen molar-refractivity contribution in [2.45, 2.75) is 25.4 Å². The summed E-state index contributed by atoms with van der Waals surface area (Å²) in [4.78, 5) is 22.3. The molecule has 44 heavy (non-hydrogen) atoms. The van der Waals surface area contributed by atoms with Crippen LogP contribution >= 0.6 is 0 Å². The van der Waals surface area contributed by atoms with Crippen LogP contribution in [0, 0.1) is 0 Å². The van der Waals surface area contributed by atoms with Crippen molar-refractivity contribution in [2.75, 3.05) is 40.3 Å². The highest BCUT2D eigenvalue weighted by Crippen LogP contribution is 2.33. The maximum atomic E-state index is 11.7. The van der Waals surface area contributed by atoms with Crippen LogP contribution in [0.15, 0.2) is 36.4 Å². The van der Waals surface area contributed by atoms with Crippen LogP contribution in [-0.2, 0) is 61.2 Å². The number of aromatic hydroxyl groups is 2. The predicted octanol–water partition coefficient (Wildman–Crippen LogP) is -1.41. The molecule has 2 saturated heterocycles. The standard InChI is InChI=1S/C11H14N2O6S2.C10H12N2O6S2.C2H7N/c1-2-20(16,17)7-8-3-4-9(10(14)5-8)13-6-11(15)12-21(13,18)19;1-19(15,16)6-7-2-3-8(9(13)4-7)12-5-10(14)11-20(12,17)18;1-2-3/h3-5,14H,2,6-7H2,1H3,(H,12,15);2-4,13H,5-6H2,1H3,(H,11,14);2-3H2,1H3. The van der Waals surface area contributed by atoms with E-state index in [1.165, 1.54) is 37.3 Å². The number of carbonyl (C=O) groups is 2. The number of benzene rings is 2. The minimum absolute atomic E-state index is 0.0333. The number of sulfone groups is 2. The summed E-state index contributed by atoms with van der Waals surface area (Å²) >= 11 is 0. The third kappa shape index (κ3) is 9.94. The molecule has 0 atom stereocenters. The molecule has 0 radical (unpaired) electrons. The van der Waals surface area contributed by atoms with Crippen molar-refractivity contribution in [2.24, 2.45) is 5.73 Å². The summed E-state index contributed by atoms with van der Waals surface area (Å²) < 4.78 is 97.0. The van der Waals surface area contributed by atoms with Crippen molar-refractivity contribution in [3.8, 4) is 11.5 Å². The molecule has 6 N–H and O–H groups in total. The lowest BCUT2D eigenvalue weighted by atomic mass is 10.2. The molecule has 2 aliphatic heterocycles. The second-order valence-electron chi connectivity index (χ2n) is 9.37. The minimum atomic E-state index is -4.01. The van der Waals surface area contributed by atoms with Crippen LogP contribution in [-0.4, -0.2) is 87.3 Å². The topological polar surface area (TPSA) is 268 Å². The largest absolute Gasteiger partial charge is 0.506 e. The Morgan fingerprint density at radius 2 is 1.14 bits per heavy atom. The van der Waals surface area contributed by atoms with Crippen molar-refractivity contribution in [3.63, 3.8) is 0 Å². The second-order valence-corrected chi connectivity index (χ2v) is 17.1. The first-order chi connectivity index (χ1) is 20.1. The van der Waals surface area contributed by atoms with Crippen molar-refractivity contribution in [1.29, 1.82) is 0 Å².